The fourth-order valence-electron chi connectivity index (χ4n) is 1.92. The summed E-state index contributed by atoms with van der Waals surface area (Å²) in [6, 6.07) is 6.34. The van der Waals surface area contributed by atoms with E-state index in [1.807, 2.05) is 0 Å². The maximum absolute atomic E-state index is 13.0. The maximum Gasteiger partial charge on any atom is 0.250 e. The van der Waals surface area contributed by atoms with Crippen molar-refractivity contribution in [3.8, 4) is 0 Å². The van der Waals surface area contributed by atoms with Crippen LogP contribution in [0.1, 0.15) is 12.8 Å². The number of hydrazine groups is 1. The molecule has 0 aromatic heterocycles. The monoisotopic (exact) mass is 290 g/mol. The Labute approximate surface area is 111 Å². The summed E-state index contributed by atoms with van der Waals surface area (Å²) in [5.41, 5.74) is 3.56. The van der Waals surface area contributed by atoms with Gasteiger partial charge in [-0.05, 0) is 18.2 Å². The summed E-state index contributed by atoms with van der Waals surface area (Å²) in [7, 11) is -3.26. The zero-order valence-electron chi connectivity index (χ0n) is 10.6. The molecule has 0 unspecified atom stereocenters. The second-order valence-electron chi connectivity index (χ2n) is 4.75. The van der Waals surface area contributed by atoms with E-state index in [4.69, 9.17) is 0 Å². The van der Waals surface area contributed by atoms with Crippen molar-refractivity contribution in [2.24, 2.45) is 0 Å². The Kier molecular flexibility index (Phi) is 3.78. The average Bonchev–Trinajstić information content (AvgIpc) is 2.31. The average molecular weight is 290 g/mol. The third-order valence-corrected chi connectivity index (χ3v) is 4.15. The molecular weight excluding hydrogens is 274 g/mol. The van der Waals surface area contributed by atoms with Gasteiger partial charge in [-0.3, -0.25) is 0 Å². The minimum atomic E-state index is -3.26. The zero-order valence-corrected chi connectivity index (χ0v) is 11.4. The van der Waals surface area contributed by atoms with Gasteiger partial charge in [-0.25, -0.2) is 22.2 Å². The summed E-state index contributed by atoms with van der Waals surface area (Å²) in [5, 5.41) is 1.68. The van der Waals surface area contributed by atoms with Crippen LogP contribution in [0, 0.1) is 0 Å². The van der Waals surface area contributed by atoms with Crippen LogP contribution in [-0.2, 0) is 9.84 Å². The summed E-state index contributed by atoms with van der Waals surface area (Å²) in [4.78, 5) is 0.208. The van der Waals surface area contributed by atoms with Gasteiger partial charge in [-0.15, -0.1) is 0 Å². The first-order valence-corrected chi connectivity index (χ1v) is 7.85. The van der Waals surface area contributed by atoms with Crippen molar-refractivity contribution in [2.45, 2.75) is 23.7 Å². The van der Waals surface area contributed by atoms with Crippen LogP contribution in [-0.4, -0.2) is 38.7 Å². The Bertz CT molecular complexity index is 551. The van der Waals surface area contributed by atoms with Crippen LogP contribution in [0.2, 0.25) is 0 Å². The number of sulfone groups is 1. The minimum absolute atomic E-state index is 0.189. The molecule has 7 heteroatoms. The van der Waals surface area contributed by atoms with Crippen molar-refractivity contribution in [3.63, 3.8) is 0 Å². The molecular formula is C12H16F2N2O2S. The lowest BCUT2D eigenvalue weighted by atomic mass is 10.1. The molecule has 1 aromatic rings. The van der Waals surface area contributed by atoms with Crippen LogP contribution >= 0.6 is 0 Å². The number of halogens is 2. The van der Waals surface area contributed by atoms with E-state index in [9.17, 15) is 17.2 Å². The molecule has 0 spiro atoms. The van der Waals surface area contributed by atoms with Gasteiger partial charge in [-0.1, -0.05) is 6.07 Å². The number of hydrogen-bond acceptors (Lipinski definition) is 4. The molecule has 1 aliphatic heterocycles. The van der Waals surface area contributed by atoms with Crippen LogP contribution in [0.25, 0.3) is 0 Å². The summed E-state index contributed by atoms with van der Waals surface area (Å²) in [5.74, 6) is -2.59. The standard InChI is InChI=1S/C12H16F2N2O2S/c1-19(17,18)11-4-2-3-10(9-11)15-16-7-5-12(13,14)6-8-16/h2-4,9,15H,5-8H2,1H3. The third kappa shape index (κ3) is 3.87. The predicted octanol–water partition coefficient (Wildman–Crippen LogP) is 2.15. The van der Waals surface area contributed by atoms with Gasteiger partial charge in [0.2, 0.25) is 0 Å². The van der Waals surface area contributed by atoms with E-state index >= 15 is 0 Å². The third-order valence-electron chi connectivity index (χ3n) is 3.04. The van der Waals surface area contributed by atoms with Crippen LogP contribution in [0.15, 0.2) is 29.2 Å². The lowest BCUT2D eigenvalue weighted by Gasteiger charge is -2.32. The SMILES string of the molecule is CS(=O)(=O)c1cccc(NN2CCC(F)(F)CC2)c1. The lowest BCUT2D eigenvalue weighted by molar-refractivity contribution is -0.0506. The number of hydrogen-bond donors (Lipinski definition) is 1. The van der Waals surface area contributed by atoms with Crippen molar-refractivity contribution < 1.29 is 17.2 Å². The summed E-state index contributed by atoms with van der Waals surface area (Å²) in [6.45, 7) is 0.464. The van der Waals surface area contributed by atoms with Crippen LogP contribution in [0.5, 0.6) is 0 Å². The molecule has 1 aliphatic rings. The fraction of sp³-hybridized carbons (Fsp3) is 0.500. The number of rotatable bonds is 3. The molecule has 0 aliphatic carbocycles. The van der Waals surface area contributed by atoms with Crippen LogP contribution in [0.3, 0.4) is 0 Å². The second-order valence-corrected chi connectivity index (χ2v) is 6.77. The van der Waals surface area contributed by atoms with E-state index in [-0.39, 0.29) is 30.8 Å². The Hall–Kier alpha value is -1.21. The predicted molar refractivity (Wildman–Crippen MR) is 68.9 cm³/mol. The van der Waals surface area contributed by atoms with E-state index < -0.39 is 15.8 Å². The zero-order chi connectivity index (χ0) is 14.1. The molecule has 0 bridgehead atoms. The number of piperidine rings is 1. The molecule has 2 rings (SSSR count). The number of nitrogens with one attached hydrogen (secondary N) is 1. The molecule has 0 radical (unpaired) electrons. The summed E-state index contributed by atoms with van der Waals surface area (Å²) >= 11 is 0. The Morgan fingerprint density at radius 2 is 1.89 bits per heavy atom. The van der Waals surface area contributed by atoms with Gasteiger partial charge in [-0.2, -0.15) is 0 Å². The van der Waals surface area contributed by atoms with Gasteiger partial charge in [0.05, 0.1) is 10.6 Å². The highest BCUT2D eigenvalue weighted by molar-refractivity contribution is 7.90. The number of nitrogens with zero attached hydrogens (tertiary/aromatic N) is 1. The number of alkyl halides is 2. The van der Waals surface area contributed by atoms with Crippen molar-refractivity contribution in [3.05, 3.63) is 24.3 Å². The quantitative estimate of drug-likeness (QED) is 0.926. The topological polar surface area (TPSA) is 49.4 Å². The molecule has 0 amide bonds. The van der Waals surface area contributed by atoms with Crippen LogP contribution in [0.4, 0.5) is 14.5 Å². The summed E-state index contributed by atoms with van der Waals surface area (Å²) in [6.07, 6.45) is 0.755. The van der Waals surface area contributed by atoms with E-state index in [2.05, 4.69) is 5.43 Å². The Morgan fingerprint density at radius 1 is 1.26 bits per heavy atom. The highest BCUT2D eigenvalue weighted by Crippen LogP contribution is 2.28. The first kappa shape index (κ1) is 14.2. The lowest BCUT2D eigenvalue weighted by Crippen LogP contribution is -2.42. The number of anilines is 1. The molecule has 1 aromatic carbocycles. The molecule has 0 atom stereocenters. The highest BCUT2D eigenvalue weighted by Gasteiger charge is 2.33. The van der Waals surface area contributed by atoms with E-state index in [0.29, 0.717) is 5.69 Å². The molecule has 1 N–H and O–H groups in total. The largest absolute Gasteiger partial charge is 0.319 e. The highest BCUT2D eigenvalue weighted by atomic mass is 32.2. The van der Waals surface area contributed by atoms with Crippen molar-refractivity contribution in [2.75, 3.05) is 24.8 Å². The Balaban J connectivity index is 2.05. The molecule has 1 heterocycles. The normalized spacial score (nSPS) is 20.2. The second kappa shape index (κ2) is 5.05. The molecule has 106 valence electrons. The van der Waals surface area contributed by atoms with Crippen molar-refractivity contribution >= 4 is 15.5 Å². The van der Waals surface area contributed by atoms with E-state index in [1.54, 1.807) is 17.1 Å². The van der Waals surface area contributed by atoms with Gasteiger partial charge < -0.3 is 5.43 Å². The number of benzene rings is 1. The molecule has 4 nitrogen and oxygen atoms in total. The first-order chi connectivity index (χ1) is 8.76. The molecule has 19 heavy (non-hydrogen) atoms. The smallest absolute Gasteiger partial charge is 0.250 e. The van der Waals surface area contributed by atoms with Gasteiger partial charge in [0.25, 0.3) is 5.92 Å². The van der Waals surface area contributed by atoms with E-state index in [1.165, 1.54) is 12.1 Å². The first-order valence-electron chi connectivity index (χ1n) is 5.96. The fourth-order valence-corrected chi connectivity index (χ4v) is 2.59. The minimum Gasteiger partial charge on any atom is -0.319 e. The van der Waals surface area contributed by atoms with Crippen molar-refractivity contribution in [1.29, 1.82) is 0 Å². The maximum atomic E-state index is 13.0. The Morgan fingerprint density at radius 3 is 2.47 bits per heavy atom. The summed E-state index contributed by atoms with van der Waals surface area (Å²) < 4.78 is 48.9. The van der Waals surface area contributed by atoms with Crippen LogP contribution < -0.4 is 5.43 Å². The van der Waals surface area contributed by atoms with Gasteiger partial charge in [0.1, 0.15) is 0 Å². The van der Waals surface area contributed by atoms with E-state index in [0.717, 1.165) is 6.26 Å². The van der Waals surface area contributed by atoms with Gasteiger partial charge >= 0.3 is 0 Å². The molecule has 0 saturated carbocycles. The molecule has 1 saturated heterocycles. The molecule has 1 fully saturated rings. The van der Waals surface area contributed by atoms with Gasteiger partial charge in [0.15, 0.2) is 9.84 Å². The van der Waals surface area contributed by atoms with Gasteiger partial charge in [0, 0.05) is 32.2 Å². The van der Waals surface area contributed by atoms with Crippen molar-refractivity contribution in [1.82, 2.24) is 5.01 Å².